The van der Waals surface area contributed by atoms with Gasteiger partial charge in [-0.2, -0.15) is 0 Å². The summed E-state index contributed by atoms with van der Waals surface area (Å²) in [5.74, 6) is -2.28. The van der Waals surface area contributed by atoms with Crippen molar-refractivity contribution in [3.05, 3.63) is 98.6 Å². The van der Waals surface area contributed by atoms with E-state index in [0.29, 0.717) is 22.3 Å². The minimum atomic E-state index is -1.11. The molecule has 1 unspecified atom stereocenters. The van der Waals surface area contributed by atoms with Gasteiger partial charge in [0.25, 0.3) is 11.8 Å². The number of fused-ring (bicyclic) bond motifs is 1. The number of amides is 2. The molecule has 0 saturated heterocycles. The number of carbonyl (C=O) groups is 2. The molecule has 3 aromatic carbocycles. The van der Waals surface area contributed by atoms with Gasteiger partial charge in [0.15, 0.2) is 0 Å². The molecule has 1 aliphatic rings. The normalized spacial score (nSPS) is 15.3. The van der Waals surface area contributed by atoms with E-state index in [9.17, 15) is 28.6 Å². The summed E-state index contributed by atoms with van der Waals surface area (Å²) in [5.41, 5.74) is -0.0193. The van der Waals surface area contributed by atoms with Crippen LogP contribution in [-0.4, -0.2) is 33.2 Å². The number of benzene rings is 3. The van der Waals surface area contributed by atoms with Crippen LogP contribution < -0.4 is 10.6 Å². The first-order valence-electron chi connectivity index (χ1n) is 12.1. The number of halogens is 3. The highest BCUT2D eigenvalue weighted by molar-refractivity contribution is 6.31. The maximum absolute atomic E-state index is 14.4. The topological polar surface area (TPSA) is 98.7 Å². The fourth-order valence-corrected chi connectivity index (χ4v) is 4.97. The molecule has 9 heteroatoms. The molecule has 2 amide bonds. The first kappa shape index (κ1) is 27.7. The molecule has 4 rings (SSSR count). The van der Waals surface area contributed by atoms with E-state index in [2.05, 4.69) is 10.6 Å². The van der Waals surface area contributed by atoms with E-state index in [4.69, 9.17) is 11.6 Å². The van der Waals surface area contributed by atoms with E-state index in [1.54, 1.807) is 39.8 Å². The van der Waals surface area contributed by atoms with Gasteiger partial charge in [0.1, 0.15) is 11.6 Å². The average Bonchev–Trinajstić information content (AvgIpc) is 3.09. The number of nitrogens with one attached hydrogen (secondary N) is 2. The Morgan fingerprint density at radius 1 is 0.947 bits per heavy atom. The van der Waals surface area contributed by atoms with E-state index >= 15 is 0 Å². The molecule has 4 N–H and O–H groups in total. The monoisotopic (exact) mass is 542 g/mol. The van der Waals surface area contributed by atoms with Crippen molar-refractivity contribution in [3.8, 4) is 0 Å². The zero-order valence-electron chi connectivity index (χ0n) is 21.5. The maximum atomic E-state index is 14.4. The lowest BCUT2D eigenvalue weighted by atomic mass is 9.91. The van der Waals surface area contributed by atoms with Crippen LogP contribution in [0.3, 0.4) is 0 Å². The van der Waals surface area contributed by atoms with Gasteiger partial charge in [0, 0.05) is 45.8 Å². The molecule has 0 bridgehead atoms. The molecule has 38 heavy (non-hydrogen) atoms. The lowest BCUT2D eigenvalue weighted by Gasteiger charge is -2.21. The molecule has 1 heterocycles. The van der Waals surface area contributed by atoms with Gasteiger partial charge in [0.05, 0.1) is 17.2 Å². The van der Waals surface area contributed by atoms with E-state index in [1.165, 1.54) is 30.3 Å². The first-order valence-corrected chi connectivity index (χ1v) is 12.5. The summed E-state index contributed by atoms with van der Waals surface area (Å²) in [4.78, 5) is 26.3. The van der Waals surface area contributed by atoms with Crippen molar-refractivity contribution in [2.45, 2.75) is 57.8 Å². The molecule has 3 aromatic rings. The average molecular weight is 543 g/mol. The number of carbonyl (C=O) groups excluding carboxylic acids is 2. The number of anilines is 1. The van der Waals surface area contributed by atoms with Crippen molar-refractivity contribution in [2.24, 2.45) is 0 Å². The molecule has 1 aliphatic heterocycles. The lowest BCUT2D eigenvalue weighted by molar-refractivity contribution is 0.0802. The van der Waals surface area contributed by atoms with Crippen LogP contribution >= 0.6 is 11.6 Å². The van der Waals surface area contributed by atoms with Crippen LogP contribution in [-0.2, 0) is 12.8 Å². The number of rotatable bonds is 7. The fourth-order valence-electron chi connectivity index (χ4n) is 4.74. The van der Waals surface area contributed by atoms with E-state index in [1.807, 2.05) is 0 Å². The third-order valence-electron chi connectivity index (χ3n) is 6.06. The summed E-state index contributed by atoms with van der Waals surface area (Å²) >= 11 is 6.35. The van der Waals surface area contributed by atoms with Crippen LogP contribution in [0.15, 0.2) is 48.5 Å². The Hall–Kier alpha value is -3.33. The molecule has 0 aliphatic carbocycles. The van der Waals surface area contributed by atoms with Gasteiger partial charge >= 0.3 is 0 Å². The highest BCUT2D eigenvalue weighted by atomic mass is 35.5. The third-order valence-corrected chi connectivity index (χ3v) is 6.40. The van der Waals surface area contributed by atoms with Crippen LogP contribution in [0.25, 0.3) is 0 Å². The lowest BCUT2D eigenvalue weighted by Crippen LogP contribution is -2.23. The SMILES string of the molecule is CC(C)(O)Cc1cc(F)cc(C(=O)Nc2cc(CC(C)(C)O)cc3c2C(c2cc(F)ccc2Cl)NC3=O)c1. The van der Waals surface area contributed by atoms with Crippen molar-refractivity contribution in [2.75, 3.05) is 5.32 Å². The van der Waals surface area contributed by atoms with Crippen LogP contribution in [0.4, 0.5) is 14.5 Å². The summed E-state index contributed by atoms with van der Waals surface area (Å²) in [6, 6.07) is 10.0. The second-order valence-corrected chi connectivity index (χ2v) is 11.4. The number of hydrogen-bond donors (Lipinski definition) is 4. The molecule has 0 saturated carbocycles. The number of aliphatic hydroxyl groups is 2. The van der Waals surface area contributed by atoms with Gasteiger partial charge in [-0.3, -0.25) is 9.59 Å². The predicted octanol–water partition coefficient (Wildman–Crippen LogP) is 5.33. The second-order valence-electron chi connectivity index (χ2n) is 11.0. The summed E-state index contributed by atoms with van der Waals surface area (Å²) in [6.45, 7) is 6.39. The summed E-state index contributed by atoms with van der Waals surface area (Å²) in [6.07, 6.45) is 0.303. The minimum absolute atomic E-state index is 0.0171. The van der Waals surface area contributed by atoms with E-state index < -0.39 is 40.7 Å². The largest absolute Gasteiger partial charge is 0.390 e. The van der Waals surface area contributed by atoms with E-state index in [0.717, 1.165) is 6.07 Å². The zero-order valence-corrected chi connectivity index (χ0v) is 22.2. The molecule has 200 valence electrons. The van der Waals surface area contributed by atoms with Crippen LogP contribution in [0, 0.1) is 11.6 Å². The Bertz CT molecular complexity index is 1430. The summed E-state index contributed by atoms with van der Waals surface area (Å²) in [5, 5.41) is 26.3. The second kappa shape index (κ2) is 10.1. The fraction of sp³-hybridized carbons (Fsp3) is 0.310. The Morgan fingerprint density at radius 3 is 2.21 bits per heavy atom. The van der Waals surface area contributed by atoms with Gasteiger partial charge < -0.3 is 20.8 Å². The quantitative estimate of drug-likeness (QED) is 0.324. The van der Waals surface area contributed by atoms with Gasteiger partial charge in [-0.05, 0) is 87.4 Å². The van der Waals surface area contributed by atoms with Crippen molar-refractivity contribution in [1.29, 1.82) is 0 Å². The molecule has 0 aromatic heterocycles. The Labute approximate surface area is 224 Å². The molecular weight excluding hydrogens is 514 g/mol. The van der Waals surface area contributed by atoms with Crippen molar-refractivity contribution >= 4 is 29.1 Å². The smallest absolute Gasteiger partial charge is 0.255 e. The first-order chi connectivity index (χ1) is 17.6. The van der Waals surface area contributed by atoms with Gasteiger partial charge in [-0.15, -0.1) is 0 Å². The minimum Gasteiger partial charge on any atom is -0.390 e. The standard InChI is InChI=1S/C29H29ClF2N2O4/c1-28(2,37)13-15-7-17(11-19(32)8-15)26(35)33-23-10-16(14-29(3,4)38)9-21-24(23)25(34-27(21)36)20-12-18(31)5-6-22(20)30/h5-12,25,37-38H,13-14H2,1-4H3,(H,33,35)(H,34,36). The van der Waals surface area contributed by atoms with Crippen LogP contribution in [0.1, 0.15) is 76.7 Å². The molecule has 0 fully saturated rings. The van der Waals surface area contributed by atoms with Crippen molar-refractivity contribution < 1.29 is 28.6 Å². The number of hydrogen-bond acceptors (Lipinski definition) is 4. The molecule has 1 atom stereocenters. The van der Waals surface area contributed by atoms with Gasteiger partial charge in [-0.1, -0.05) is 11.6 Å². The van der Waals surface area contributed by atoms with Gasteiger partial charge in [0.2, 0.25) is 0 Å². The highest BCUT2D eigenvalue weighted by Crippen LogP contribution is 2.40. The predicted molar refractivity (Wildman–Crippen MR) is 142 cm³/mol. The highest BCUT2D eigenvalue weighted by Gasteiger charge is 2.35. The zero-order chi connectivity index (χ0) is 28.0. The van der Waals surface area contributed by atoms with Crippen LogP contribution in [0.2, 0.25) is 5.02 Å². The van der Waals surface area contributed by atoms with Crippen molar-refractivity contribution in [3.63, 3.8) is 0 Å². The van der Waals surface area contributed by atoms with E-state index in [-0.39, 0.29) is 34.7 Å². The molecule has 0 spiro atoms. The summed E-state index contributed by atoms with van der Waals surface area (Å²) in [7, 11) is 0. The molecule has 0 radical (unpaired) electrons. The van der Waals surface area contributed by atoms with Crippen molar-refractivity contribution in [1.82, 2.24) is 5.32 Å². The van der Waals surface area contributed by atoms with Gasteiger partial charge in [-0.25, -0.2) is 8.78 Å². The Balaban J connectivity index is 1.81. The molecular formula is C29H29ClF2N2O4. The Morgan fingerprint density at radius 2 is 1.58 bits per heavy atom. The maximum Gasteiger partial charge on any atom is 0.255 e. The third kappa shape index (κ3) is 6.38. The molecule has 6 nitrogen and oxygen atoms in total. The van der Waals surface area contributed by atoms with Crippen LogP contribution in [0.5, 0.6) is 0 Å². The Kier molecular flexibility index (Phi) is 7.36. The summed E-state index contributed by atoms with van der Waals surface area (Å²) < 4.78 is 28.5.